The summed E-state index contributed by atoms with van der Waals surface area (Å²) < 4.78 is 22.3. The summed E-state index contributed by atoms with van der Waals surface area (Å²) >= 11 is 0. The first kappa shape index (κ1) is 24.7. The fraction of sp³-hybridized carbons (Fsp3) is 0.630. The predicted molar refractivity (Wildman–Crippen MR) is 134 cm³/mol. The van der Waals surface area contributed by atoms with Crippen LogP contribution in [0.4, 0.5) is 10.1 Å². The van der Waals surface area contributed by atoms with E-state index in [0.29, 0.717) is 11.2 Å². The molecule has 2 fully saturated rings. The minimum atomic E-state index is -0.644. The summed E-state index contributed by atoms with van der Waals surface area (Å²) in [7, 11) is 0. The minimum absolute atomic E-state index is 0.0169. The number of nitrogens with zero attached hydrogens (tertiary/aromatic N) is 3. The Balaban J connectivity index is 1.48. The summed E-state index contributed by atoms with van der Waals surface area (Å²) in [4.78, 5) is 29.9. The summed E-state index contributed by atoms with van der Waals surface area (Å²) in [5.74, 6) is -1.05. The SMILES string of the molecule is CCCCCCCCN1CCN(c2cc3c(cc2F)c(=O)c(C(=O)OCC)cn3C2CC2)CC1. The molecule has 4 rings (SSSR count). The number of ether oxygens (including phenoxy) is 1. The highest BCUT2D eigenvalue weighted by Crippen LogP contribution is 2.38. The third-order valence-corrected chi connectivity index (χ3v) is 7.08. The molecule has 6 nitrogen and oxygen atoms in total. The number of carbonyl (C=O) groups is 1. The Labute approximate surface area is 201 Å². The van der Waals surface area contributed by atoms with E-state index in [2.05, 4.69) is 16.7 Å². The molecule has 0 radical (unpaired) electrons. The van der Waals surface area contributed by atoms with Crippen LogP contribution in [0, 0.1) is 5.82 Å². The van der Waals surface area contributed by atoms with Crippen LogP contribution in [0.1, 0.15) is 81.6 Å². The topological polar surface area (TPSA) is 54.8 Å². The van der Waals surface area contributed by atoms with Crippen molar-refractivity contribution in [2.24, 2.45) is 0 Å². The largest absolute Gasteiger partial charge is 0.462 e. The van der Waals surface area contributed by atoms with Gasteiger partial charge in [-0.05, 0) is 44.9 Å². The summed E-state index contributed by atoms with van der Waals surface area (Å²) in [6.07, 6.45) is 11.4. The van der Waals surface area contributed by atoms with Gasteiger partial charge < -0.3 is 14.2 Å². The summed E-state index contributed by atoms with van der Waals surface area (Å²) in [5, 5.41) is 0.250. The van der Waals surface area contributed by atoms with Gasteiger partial charge in [-0.1, -0.05) is 39.0 Å². The number of rotatable bonds is 11. The number of pyridine rings is 1. The van der Waals surface area contributed by atoms with Crippen LogP contribution in [0.3, 0.4) is 0 Å². The summed E-state index contributed by atoms with van der Waals surface area (Å²) in [6.45, 7) is 8.63. The third-order valence-electron chi connectivity index (χ3n) is 7.08. The molecule has 0 atom stereocenters. The molecule has 1 aromatic heterocycles. The fourth-order valence-electron chi connectivity index (χ4n) is 4.94. The van der Waals surface area contributed by atoms with Crippen LogP contribution < -0.4 is 10.3 Å². The fourth-order valence-corrected chi connectivity index (χ4v) is 4.94. The number of hydrogen-bond acceptors (Lipinski definition) is 5. The average Bonchev–Trinajstić information content (AvgIpc) is 3.67. The van der Waals surface area contributed by atoms with Gasteiger partial charge in [-0.3, -0.25) is 9.69 Å². The molecule has 2 heterocycles. The van der Waals surface area contributed by atoms with Crippen molar-refractivity contribution in [2.45, 2.75) is 71.3 Å². The molecule has 1 aliphatic carbocycles. The van der Waals surface area contributed by atoms with Gasteiger partial charge in [0.15, 0.2) is 0 Å². The summed E-state index contributed by atoms with van der Waals surface area (Å²) in [6, 6.07) is 3.36. The Kier molecular flexibility index (Phi) is 8.24. The molecule has 0 N–H and O–H groups in total. The van der Waals surface area contributed by atoms with Crippen molar-refractivity contribution in [1.82, 2.24) is 9.47 Å². The van der Waals surface area contributed by atoms with Crippen LogP contribution in [-0.4, -0.2) is 54.8 Å². The standard InChI is InChI=1S/C27H38FN3O3/c1-3-5-6-7-8-9-12-29-13-15-30(16-14-29)25-18-24-21(17-23(25)28)26(32)22(27(33)34-4-2)19-31(24)20-10-11-20/h17-20H,3-16H2,1-2H3. The molecule has 0 bridgehead atoms. The molecule has 0 spiro atoms. The monoisotopic (exact) mass is 471 g/mol. The van der Waals surface area contributed by atoms with Crippen molar-refractivity contribution in [2.75, 3.05) is 44.2 Å². The van der Waals surface area contributed by atoms with Crippen molar-refractivity contribution >= 4 is 22.6 Å². The number of piperazine rings is 1. The van der Waals surface area contributed by atoms with Crippen molar-refractivity contribution in [1.29, 1.82) is 0 Å². The number of carbonyl (C=O) groups excluding carboxylic acids is 1. The third kappa shape index (κ3) is 5.62. The summed E-state index contributed by atoms with van der Waals surface area (Å²) in [5.41, 5.74) is 0.770. The van der Waals surface area contributed by atoms with Crippen LogP contribution in [0.5, 0.6) is 0 Å². The molecule has 1 saturated carbocycles. The smallest absolute Gasteiger partial charge is 0.343 e. The van der Waals surface area contributed by atoms with E-state index in [1.807, 2.05) is 10.6 Å². The van der Waals surface area contributed by atoms with Gasteiger partial charge >= 0.3 is 5.97 Å². The number of anilines is 1. The highest BCUT2D eigenvalue weighted by atomic mass is 19.1. The number of esters is 1. The first-order valence-electron chi connectivity index (χ1n) is 13.1. The second-order valence-corrected chi connectivity index (χ2v) is 9.65. The Morgan fingerprint density at radius 3 is 2.41 bits per heavy atom. The zero-order chi connectivity index (χ0) is 24.1. The van der Waals surface area contributed by atoms with Gasteiger partial charge in [0.2, 0.25) is 5.43 Å². The van der Waals surface area contributed by atoms with E-state index in [0.717, 1.165) is 45.6 Å². The highest BCUT2D eigenvalue weighted by molar-refractivity contribution is 5.94. The lowest BCUT2D eigenvalue weighted by Crippen LogP contribution is -2.47. The molecule has 1 aliphatic heterocycles. The Morgan fingerprint density at radius 1 is 1.03 bits per heavy atom. The van der Waals surface area contributed by atoms with E-state index in [9.17, 15) is 9.59 Å². The van der Waals surface area contributed by atoms with Gasteiger partial charge in [0.1, 0.15) is 11.4 Å². The molecule has 1 saturated heterocycles. The number of unbranched alkanes of at least 4 members (excludes halogenated alkanes) is 5. The van der Waals surface area contributed by atoms with Gasteiger partial charge in [-0.25, -0.2) is 9.18 Å². The van der Waals surface area contributed by atoms with Gasteiger partial charge in [0.05, 0.1) is 17.8 Å². The van der Waals surface area contributed by atoms with Crippen LogP contribution in [0.2, 0.25) is 0 Å². The maximum Gasteiger partial charge on any atom is 0.343 e. The van der Waals surface area contributed by atoms with Gasteiger partial charge in [0, 0.05) is 43.8 Å². The maximum atomic E-state index is 15.2. The molecule has 2 aromatic rings. The lowest BCUT2D eigenvalue weighted by Gasteiger charge is -2.36. The highest BCUT2D eigenvalue weighted by Gasteiger charge is 2.29. The van der Waals surface area contributed by atoms with E-state index in [1.54, 1.807) is 13.1 Å². The Hall–Kier alpha value is -2.41. The molecule has 2 aliphatic rings. The van der Waals surface area contributed by atoms with E-state index in [1.165, 1.54) is 44.6 Å². The Bertz CT molecular complexity index is 1060. The minimum Gasteiger partial charge on any atom is -0.462 e. The van der Waals surface area contributed by atoms with Gasteiger partial charge in [-0.2, -0.15) is 0 Å². The zero-order valence-corrected chi connectivity index (χ0v) is 20.7. The number of fused-ring (bicyclic) bond motifs is 1. The lowest BCUT2D eigenvalue weighted by molar-refractivity contribution is 0.0524. The quantitative estimate of drug-likeness (QED) is 0.336. The number of benzene rings is 1. The second kappa shape index (κ2) is 11.3. The second-order valence-electron chi connectivity index (χ2n) is 9.65. The zero-order valence-electron chi connectivity index (χ0n) is 20.7. The molecule has 7 heteroatoms. The Morgan fingerprint density at radius 2 is 1.74 bits per heavy atom. The average molecular weight is 472 g/mol. The van der Waals surface area contributed by atoms with Crippen molar-refractivity contribution in [3.63, 3.8) is 0 Å². The molecule has 1 aromatic carbocycles. The van der Waals surface area contributed by atoms with E-state index in [4.69, 9.17) is 4.74 Å². The van der Waals surface area contributed by atoms with Gasteiger partial charge in [-0.15, -0.1) is 0 Å². The number of aromatic nitrogens is 1. The van der Waals surface area contributed by atoms with Crippen LogP contribution in [0.15, 0.2) is 23.1 Å². The number of hydrogen-bond donors (Lipinski definition) is 0. The van der Waals surface area contributed by atoms with E-state index >= 15 is 4.39 Å². The molecule has 186 valence electrons. The lowest BCUT2D eigenvalue weighted by atomic mass is 10.1. The first-order chi connectivity index (χ1) is 16.5. The molecule has 0 unspecified atom stereocenters. The molecule has 34 heavy (non-hydrogen) atoms. The molecular formula is C27H38FN3O3. The van der Waals surface area contributed by atoms with Crippen LogP contribution in [0.25, 0.3) is 10.9 Å². The first-order valence-corrected chi connectivity index (χ1v) is 13.1. The van der Waals surface area contributed by atoms with Crippen molar-refractivity contribution in [3.8, 4) is 0 Å². The normalized spacial score (nSPS) is 16.9. The van der Waals surface area contributed by atoms with E-state index < -0.39 is 17.2 Å². The number of halogens is 1. The van der Waals surface area contributed by atoms with Crippen molar-refractivity contribution in [3.05, 3.63) is 39.9 Å². The van der Waals surface area contributed by atoms with Crippen LogP contribution in [-0.2, 0) is 4.74 Å². The molecule has 0 amide bonds. The van der Waals surface area contributed by atoms with E-state index in [-0.39, 0.29) is 23.6 Å². The maximum absolute atomic E-state index is 15.2. The molecular weight excluding hydrogens is 433 g/mol. The predicted octanol–water partition coefficient (Wildman–Crippen LogP) is 5.13. The van der Waals surface area contributed by atoms with Crippen LogP contribution >= 0.6 is 0 Å². The van der Waals surface area contributed by atoms with Gasteiger partial charge in [0.25, 0.3) is 0 Å². The van der Waals surface area contributed by atoms with Crippen molar-refractivity contribution < 1.29 is 13.9 Å².